The Balaban J connectivity index is 1.50. The smallest absolute Gasteiger partial charge is 0.410 e. The van der Waals surface area contributed by atoms with Crippen LogP contribution in [0.15, 0.2) is 60.7 Å². The summed E-state index contributed by atoms with van der Waals surface area (Å²) in [5.41, 5.74) is 3.64. The first kappa shape index (κ1) is 14.4. The normalized spacial score (nSPS) is 13.9. The van der Waals surface area contributed by atoms with E-state index in [0.717, 1.165) is 18.5 Å². The molecule has 0 spiro atoms. The number of amides is 1. The van der Waals surface area contributed by atoms with Gasteiger partial charge < -0.3 is 9.64 Å². The van der Waals surface area contributed by atoms with Gasteiger partial charge in [0.15, 0.2) is 0 Å². The number of benzene rings is 2. The standard InChI is InChI=1S/C19H19NO2/c21-19(22-14-6-9-16-7-2-1-3-8-16)20-13-12-17-10-4-5-11-18(17)15-20/h1-11H,12-15H2/b9-6+. The lowest BCUT2D eigenvalue weighted by atomic mass is 10.0. The lowest BCUT2D eigenvalue weighted by molar-refractivity contribution is 0.108. The number of nitrogens with zero attached hydrogens (tertiary/aromatic N) is 1. The van der Waals surface area contributed by atoms with E-state index in [-0.39, 0.29) is 6.09 Å². The second kappa shape index (κ2) is 6.94. The second-order valence-corrected chi connectivity index (χ2v) is 5.33. The van der Waals surface area contributed by atoms with Gasteiger partial charge in [-0.2, -0.15) is 0 Å². The van der Waals surface area contributed by atoms with Crippen molar-refractivity contribution >= 4 is 12.2 Å². The van der Waals surface area contributed by atoms with Crippen LogP contribution < -0.4 is 0 Å². The van der Waals surface area contributed by atoms with Crippen molar-refractivity contribution in [3.63, 3.8) is 0 Å². The van der Waals surface area contributed by atoms with Gasteiger partial charge in [-0.05, 0) is 29.2 Å². The second-order valence-electron chi connectivity index (χ2n) is 5.33. The molecule has 0 aliphatic carbocycles. The molecule has 0 N–H and O–H groups in total. The van der Waals surface area contributed by atoms with Crippen molar-refractivity contribution in [1.29, 1.82) is 0 Å². The summed E-state index contributed by atoms with van der Waals surface area (Å²) in [7, 11) is 0. The number of hydrogen-bond donors (Lipinski definition) is 0. The SMILES string of the molecule is O=C(OC/C=C/c1ccccc1)N1CCc2ccccc2C1. The summed E-state index contributed by atoms with van der Waals surface area (Å²) in [4.78, 5) is 13.9. The first-order valence-electron chi connectivity index (χ1n) is 7.53. The summed E-state index contributed by atoms with van der Waals surface area (Å²) in [6, 6.07) is 18.2. The lowest BCUT2D eigenvalue weighted by Gasteiger charge is -2.27. The van der Waals surface area contributed by atoms with Gasteiger partial charge >= 0.3 is 6.09 Å². The van der Waals surface area contributed by atoms with E-state index in [4.69, 9.17) is 4.74 Å². The van der Waals surface area contributed by atoms with E-state index in [9.17, 15) is 4.79 Å². The van der Waals surface area contributed by atoms with Gasteiger partial charge in [0.05, 0.1) is 0 Å². The molecule has 0 radical (unpaired) electrons. The van der Waals surface area contributed by atoms with Gasteiger partial charge in [0.2, 0.25) is 0 Å². The maximum atomic E-state index is 12.1. The Bertz CT molecular complexity index is 664. The molecule has 0 saturated heterocycles. The third-order valence-electron chi connectivity index (χ3n) is 3.80. The van der Waals surface area contributed by atoms with E-state index in [0.29, 0.717) is 13.2 Å². The molecule has 2 aromatic rings. The highest BCUT2D eigenvalue weighted by Gasteiger charge is 2.20. The molecule has 0 bridgehead atoms. The number of hydrogen-bond acceptors (Lipinski definition) is 2. The highest BCUT2D eigenvalue weighted by Crippen LogP contribution is 2.18. The van der Waals surface area contributed by atoms with Crippen LogP contribution in [-0.2, 0) is 17.7 Å². The molecule has 0 aromatic heterocycles. The molecule has 3 heteroatoms. The van der Waals surface area contributed by atoms with Crippen LogP contribution in [0.3, 0.4) is 0 Å². The molecule has 2 aromatic carbocycles. The van der Waals surface area contributed by atoms with Crippen LogP contribution in [0.1, 0.15) is 16.7 Å². The molecular weight excluding hydrogens is 274 g/mol. The van der Waals surface area contributed by atoms with E-state index >= 15 is 0 Å². The molecule has 112 valence electrons. The van der Waals surface area contributed by atoms with Crippen LogP contribution in [-0.4, -0.2) is 24.1 Å². The number of rotatable bonds is 3. The van der Waals surface area contributed by atoms with Gasteiger partial charge in [0.1, 0.15) is 6.61 Å². The van der Waals surface area contributed by atoms with Crippen molar-refractivity contribution < 1.29 is 9.53 Å². The summed E-state index contributed by atoms with van der Waals surface area (Å²) in [5.74, 6) is 0. The molecule has 3 nitrogen and oxygen atoms in total. The monoisotopic (exact) mass is 293 g/mol. The van der Waals surface area contributed by atoms with Crippen LogP contribution in [0, 0.1) is 0 Å². The molecule has 1 aliphatic heterocycles. The zero-order valence-electron chi connectivity index (χ0n) is 12.4. The Hall–Kier alpha value is -2.55. The zero-order valence-corrected chi connectivity index (χ0v) is 12.4. The first-order chi connectivity index (χ1) is 10.8. The van der Waals surface area contributed by atoms with Gasteiger partial charge in [0.25, 0.3) is 0 Å². The van der Waals surface area contributed by atoms with E-state index in [1.807, 2.05) is 54.6 Å². The molecule has 0 unspecified atom stereocenters. The molecule has 0 fully saturated rings. The van der Waals surface area contributed by atoms with Gasteiger partial charge in [-0.3, -0.25) is 0 Å². The molecule has 1 heterocycles. The Kier molecular flexibility index (Phi) is 4.54. The predicted octanol–water partition coefficient (Wildman–Crippen LogP) is 3.89. The van der Waals surface area contributed by atoms with Crippen molar-refractivity contribution in [2.24, 2.45) is 0 Å². The summed E-state index contributed by atoms with van der Waals surface area (Å²) < 4.78 is 5.32. The fraction of sp³-hybridized carbons (Fsp3) is 0.211. The van der Waals surface area contributed by atoms with E-state index in [1.54, 1.807) is 4.90 Å². The molecular formula is C19H19NO2. The molecule has 1 amide bonds. The molecule has 1 aliphatic rings. The highest BCUT2D eigenvalue weighted by molar-refractivity contribution is 5.68. The Morgan fingerprint density at radius 1 is 1.05 bits per heavy atom. The van der Waals surface area contributed by atoms with Crippen LogP contribution in [0.5, 0.6) is 0 Å². The third-order valence-corrected chi connectivity index (χ3v) is 3.80. The summed E-state index contributed by atoms with van der Waals surface area (Å²) >= 11 is 0. The van der Waals surface area contributed by atoms with Crippen molar-refractivity contribution in [2.75, 3.05) is 13.2 Å². The predicted molar refractivity (Wildman–Crippen MR) is 87.4 cm³/mol. The van der Waals surface area contributed by atoms with Gasteiger partial charge in [-0.25, -0.2) is 4.79 Å². The Morgan fingerprint density at radius 3 is 2.59 bits per heavy atom. The summed E-state index contributed by atoms with van der Waals surface area (Å²) in [6.07, 6.45) is 4.47. The maximum absolute atomic E-state index is 12.1. The van der Waals surface area contributed by atoms with Crippen LogP contribution in [0.25, 0.3) is 6.08 Å². The van der Waals surface area contributed by atoms with E-state index in [1.165, 1.54) is 11.1 Å². The van der Waals surface area contributed by atoms with Crippen molar-refractivity contribution in [3.05, 3.63) is 77.4 Å². The van der Waals surface area contributed by atoms with Crippen LogP contribution in [0.2, 0.25) is 0 Å². The number of carbonyl (C=O) groups excluding carboxylic acids is 1. The number of fused-ring (bicyclic) bond motifs is 1. The van der Waals surface area contributed by atoms with Crippen LogP contribution >= 0.6 is 0 Å². The fourth-order valence-electron chi connectivity index (χ4n) is 2.61. The fourth-order valence-corrected chi connectivity index (χ4v) is 2.61. The molecule has 0 saturated carbocycles. The maximum Gasteiger partial charge on any atom is 0.410 e. The van der Waals surface area contributed by atoms with Crippen molar-refractivity contribution in [1.82, 2.24) is 4.90 Å². The quantitative estimate of drug-likeness (QED) is 0.859. The van der Waals surface area contributed by atoms with Gasteiger partial charge in [-0.15, -0.1) is 0 Å². The average molecular weight is 293 g/mol. The molecule has 22 heavy (non-hydrogen) atoms. The largest absolute Gasteiger partial charge is 0.445 e. The molecule has 3 rings (SSSR count). The minimum absolute atomic E-state index is 0.243. The third kappa shape index (κ3) is 3.55. The zero-order chi connectivity index (χ0) is 15.2. The number of ether oxygens (including phenoxy) is 1. The van der Waals surface area contributed by atoms with Crippen LogP contribution in [0.4, 0.5) is 4.79 Å². The first-order valence-corrected chi connectivity index (χ1v) is 7.53. The lowest BCUT2D eigenvalue weighted by Crippen LogP contribution is -2.36. The Morgan fingerprint density at radius 2 is 1.77 bits per heavy atom. The average Bonchev–Trinajstić information content (AvgIpc) is 2.59. The minimum Gasteiger partial charge on any atom is -0.445 e. The Labute approximate surface area is 130 Å². The topological polar surface area (TPSA) is 29.5 Å². The molecule has 0 atom stereocenters. The van der Waals surface area contributed by atoms with Crippen molar-refractivity contribution in [3.8, 4) is 0 Å². The van der Waals surface area contributed by atoms with Gasteiger partial charge in [-0.1, -0.05) is 60.7 Å². The minimum atomic E-state index is -0.243. The summed E-state index contributed by atoms with van der Waals surface area (Å²) in [6.45, 7) is 1.65. The highest BCUT2D eigenvalue weighted by atomic mass is 16.6. The number of carbonyl (C=O) groups is 1. The van der Waals surface area contributed by atoms with Crippen molar-refractivity contribution in [2.45, 2.75) is 13.0 Å². The van der Waals surface area contributed by atoms with Gasteiger partial charge in [0, 0.05) is 13.1 Å². The van der Waals surface area contributed by atoms with E-state index in [2.05, 4.69) is 12.1 Å². The summed E-state index contributed by atoms with van der Waals surface area (Å²) in [5, 5.41) is 0. The van der Waals surface area contributed by atoms with E-state index < -0.39 is 0 Å².